The SMILES string of the molecule is CC1(C)CCCN1CCOC(=O)C(O)(c1ccccc1)c1ccccc1.Cl. The van der Waals surface area contributed by atoms with Gasteiger partial charge in [0.25, 0.3) is 0 Å². The van der Waals surface area contributed by atoms with Crippen molar-refractivity contribution in [3.63, 3.8) is 0 Å². The zero-order valence-electron chi connectivity index (χ0n) is 15.9. The van der Waals surface area contributed by atoms with Gasteiger partial charge in [-0.25, -0.2) is 4.79 Å². The van der Waals surface area contributed by atoms with E-state index in [9.17, 15) is 9.90 Å². The molecule has 5 heteroatoms. The topological polar surface area (TPSA) is 49.8 Å². The minimum atomic E-state index is -1.80. The van der Waals surface area contributed by atoms with Crippen molar-refractivity contribution in [1.29, 1.82) is 0 Å². The molecule has 0 aromatic heterocycles. The fraction of sp³-hybridized carbons (Fsp3) is 0.409. The number of hydrogen-bond donors (Lipinski definition) is 1. The molecule has 4 nitrogen and oxygen atoms in total. The number of aliphatic hydroxyl groups is 1. The Hall–Kier alpha value is -1.88. The number of esters is 1. The molecule has 3 rings (SSSR count). The van der Waals surface area contributed by atoms with Crippen molar-refractivity contribution in [3.8, 4) is 0 Å². The third-order valence-corrected chi connectivity index (χ3v) is 5.35. The lowest BCUT2D eigenvalue weighted by atomic mass is 9.86. The van der Waals surface area contributed by atoms with Crippen LogP contribution < -0.4 is 0 Å². The number of hydrogen-bond acceptors (Lipinski definition) is 4. The molecule has 0 aliphatic carbocycles. The monoisotopic (exact) mass is 389 g/mol. The van der Waals surface area contributed by atoms with Crippen LogP contribution in [0.3, 0.4) is 0 Å². The third-order valence-electron chi connectivity index (χ3n) is 5.35. The number of carbonyl (C=O) groups excluding carboxylic acids is 1. The molecule has 2 aromatic carbocycles. The quantitative estimate of drug-likeness (QED) is 0.764. The van der Waals surface area contributed by atoms with E-state index >= 15 is 0 Å². The van der Waals surface area contributed by atoms with Crippen molar-refractivity contribution >= 4 is 18.4 Å². The Morgan fingerprint density at radius 3 is 2.04 bits per heavy atom. The van der Waals surface area contributed by atoms with Crippen LogP contribution in [0, 0.1) is 0 Å². The smallest absolute Gasteiger partial charge is 0.347 e. The Kier molecular flexibility index (Phi) is 7.04. The summed E-state index contributed by atoms with van der Waals surface area (Å²) in [6.45, 7) is 6.40. The molecule has 0 bridgehead atoms. The van der Waals surface area contributed by atoms with Gasteiger partial charge in [0, 0.05) is 12.1 Å². The zero-order valence-corrected chi connectivity index (χ0v) is 16.7. The first-order chi connectivity index (χ1) is 12.4. The Morgan fingerprint density at radius 2 is 1.59 bits per heavy atom. The summed E-state index contributed by atoms with van der Waals surface area (Å²) in [5, 5.41) is 11.3. The number of nitrogens with zero attached hydrogens (tertiary/aromatic N) is 1. The number of halogens is 1. The molecular formula is C22H28ClNO3. The summed E-state index contributed by atoms with van der Waals surface area (Å²) in [4.78, 5) is 15.2. The molecule has 1 aliphatic rings. The second-order valence-electron chi connectivity index (χ2n) is 7.48. The molecule has 1 saturated heterocycles. The maximum atomic E-state index is 12.9. The van der Waals surface area contributed by atoms with Gasteiger partial charge in [-0.3, -0.25) is 4.90 Å². The van der Waals surface area contributed by atoms with Crippen molar-refractivity contribution in [3.05, 3.63) is 71.8 Å². The Labute approximate surface area is 167 Å². The van der Waals surface area contributed by atoms with Gasteiger partial charge in [0.2, 0.25) is 5.60 Å². The Balaban J connectivity index is 0.00000261. The lowest BCUT2D eigenvalue weighted by Gasteiger charge is -2.32. The minimum absolute atomic E-state index is 0. The summed E-state index contributed by atoms with van der Waals surface area (Å²) in [5.41, 5.74) is -0.639. The van der Waals surface area contributed by atoms with Crippen LogP contribution in [0.25, 0.3) is 0 Å². The van der Waals surface area contributed by atoms with E-state index in [2.05, 4.69) is 18.7 Å². The van der Waals surface area contributed by atoms with Crippen LogP contribution >= 0.6 is 12.4 Å². The molecule has 1 heterocycles. The molecule has 0 atom stereocenters. The second kappa shape index (κ2) is 8.87. The number of likely N-dealkylation sites (tertiary alicyclic amines) is 1. The predicted molar refractivity (Wildman–Crippen MR) is 109 cm³/mol. The summed E-state index contributed by atoms with van der Waals surface area (Å²) in [5.74, 6) is -0.632. The van der Waals surface area contributed by atoms with E-state index in [0.717, 1.165) is 13.0 Å². The molecule has 0 amide bonds. The van der Waals surface area contributed by atoms with Crippen LogP contribution in [-0.4, -0.2) is 41.2 Å². The number of carbonyl (C=O) groups is 1. The average Bonchev–Trinajstić information content (AvgIpc) is 3.00. The summed E-state index contributed by atoms with van der Waals surface area (Å²) < 4.78 is 5.54. The lowest BCUT2D eigenvalue weighted by molar-refractivity contribution is -0.162. The van der Waals surface area contributed by atoms with E-state index in [1.54, 1.807) is 24.3 Å². The number of benzene rings is 2. The first-order valence-electron chi connectivity index (χ1n) is 9.20. The number of rotatable bonds is 6. The van der Waals surface area contributed by atoms with Crippen molar-refractivity contribution in [2.24, 2.45) is 0 Å². The highest BCUT2D eigenvalue weighted by Gasteiger charge is 2.41. The second-order valence-corrected chi connectivity index (χ2v) is 7.48. The van der Waals surface area contributed by atoms with E-state index < -0.39 is 11.6 Å². The highest BCUT2D eigenvalue weighted by Crippen LogP contribution is 2.31. The summed E-state index contributed by atoms with van der Waals surface area (Å²) in [6.07, 6.45) is 2.32. The van der Waals surface area contributed by atoms with Crippen molar-refractivity contribution in [1.82, 2.24) is 4.90 Å². The molecule has 27 heavy (non-hydrogen) atoms. The molecular weight excluding hydrogens is 362 g/mol. The molecule has 2 aromatic rings. The molecule has 0 spiro atoms. The van der Waals surface area contributed by atoms with Gasteiger partial charge in [0.05, 0.1) is 0 Å². The molecule has 0 radical (unpaired) electrons. The van der Waals surface area contributed by atoms with Crippen LogP contribution in [0.5, 0.6) is 0 Å². The van der Waals surface area contributed by atoms with E-state index in [0.29, 0.717) is 17.7 Å². The lowest BCUT2D eigenvalue weighted by Crippen LogP contribution is -2.42. The third kappa shape index (κ3) is 4.52. The fourth-order valence-corrected chi connectivity index (χ4v) is 3.69. The van der Waals surface area contributed by atoms with Gasteiger partial charge in [0.1, 0.15) is 6.61 Å². The molecule has 0 saturated carbocycles. The maximum Gasteiger partial charge on any atom is 0.347 e. The van der Waals surface area contributed by atoms with E-state index in [1.807, 2.05) is 36.4 Å². The largest absolute Gasteiger partial charge is 0.462 e. The standard InChI is InChI=1S/C22H27NO3.ClH/c1-21(2)14-9-15-23(21)16-17-26-20(24)22(25,18-10-5-3-6-11-18)19-12-7-4-8-13-19;/h3-8,10-13,25H,9,14-17H2,1-2H3;1H. The highest BCUT2D eigenvalue weighted by atomic mass is 35.5. The van der Waals surface area contributed by atoms with Crippen LogP contribution in [0.2, 0.25) is 0 Å². The highest BCUT2D eigenvalue weighted by molar-refractivity contribution is 5.85. The Bertz CT molecular complexity index is 694. The summed E-state index contributed by atoms with van der Waals surface area (Å²) in [6, 6.07) is 17.9. The maximum absolute atomic E-state index is 12.9. The Morgan fingerprint density at radius 1 is 1.07 bits per heavy atom. The van der Waals surface area contributed by atoms with Crippen LogP contribution in [0.15, 0.2) is 60.7 Å². The van der Waals surface area contributed by atoms with Gasteiger partial charge < -0.3 is 9.84 Å². The van der Waals surface area contributed by atoms with Gasteiger partial charge >= 0.3 is 5.97 Å². The average molecular weight is 390 g/mol. The van der Waals surface area contributed by atoms with Crippen LogP contribution in [0.1, 0.15) is 37.8 Å². The van der Waals surface area contributed by atoms with Gasteiger partial charge in [-0.2, -0.15) is 0 Å². The molecule has 0 unspecified atom stereocenters. The zero-order chi connectivity index (χ0) is 18.6. The molecule has 1 N–H and O–H groups in total. The van der Waals surface area contributed by atoms with Crippen LogP contribution in [-0.2, 0) is 15.1 Å². The fourth-order valence-electron chi connectivity index (χ4n) is 3.69. The van der Waals surface area contributed by atoms with Gasteiger partial charge in [-0.1, -0.05) is 60.7 Å². The van der Waals surface area contributed by atoms with Gasteiger partial charge in [0.15, 0.2) is 0 Å². The van der Waals surface area contributed by atoms with Crippen molar-refractivity contribution in [2.75, 3.05) is 19.7 Å². The van der Waals surface area contributed by atoms with Gasteiger partial charge in [-0.15, -0.1) is 12.4 Å². The summed E-state index contributed by atoms with van der Waals surface area (Å²) in [7, 11) is 0. The van der Waals surface area contributed by atoms with Crippen LogP contribution in [0.4, 0.5) is 0 Å². The van der Waals surface area contributed by atoms with Crippen molar-refractivity contribution in [2.45, 2.75) is 37.8 Å². The minimum Gasteiger partial charge on any atom is -0.462 e. The summed E-state index contributed by atoms with van der Waals surface area (Å²) >= 11 is 0. The van der Waals surface area contributed by atoms with Gasteiger partial charge in [-0.05, 0) is 44.4 Å². The van der Waals surface area contributed by atoms with Crippen molar-refractivity contribution < 1.29 is 14.6 Å². The van der Waals surface area contributed by atoms with E-state index in [-0.39, 0.29) is 24.6 Å². The van der Waals surface area contributed by atoms with E-state index in [4.69, 9.17) is 4.74 Å². The molecule has 1 fully saturated rings. The van der Waals surface area contributed by atoms with E-state index in [1.165, 1.54) is 6.42 Å². The first kappa shape index (κ1) is 21.4. The predicted octanol–water partition coefficient (Wildman–Crippen LogP) is 3.76. The normalized spacial score (nSPS) is 16.6. The molecule has 1 aliphatic heterocycles. The molecule has 146 valence electrons. The number of ether oxygens (including phenoxy) is 1. The first-order valence-corrected chi connectivity index (χ1v) is 9.20.